The number of aromatic nitrogens is 3. The minimum Gasteiger partial charge on any atom is -0.489 e. The van der Waals surface area contributed by atoms with Gasteiger partial charge < -0.3 is 9.15 Å². The fraction of sp³-hybridized carbons (Fsp3) is 0.0500. The van der Waals surface area contributed by atoms with Gasteiger partial charge in [-0.1, -0.05) is 30.3 Å². The number of nitrogens with zero attached hydrogens (tertiary/aromatic N) is 3. The Morgan fingerprint density at radius 2 is 1.89 bits per heavy atom. The number of aromatic amines is 1. The second-order valence-electron chi connectivity index (χ2n) is 5.73. The van der Waals surface area contributed by atoms with Crippen LogP contribution in [0.5, 0.6) is 5.75 Å². The van der Waals surface area contributed by atoms with Crippen LogP contribution in [0.1, 0.15) is 11.1 Å². The lowest BCUT2D eigenvalue weighted by Gasteiger charge is -2.06. The molecule has 0 unspecified atom stereocenters. The summed E-state index contributed by atoms with van der Waals surface area (Å²) in [4.78, 5) is 0. The zero-order valence-corrected chi connectivity index (χ0v) is 15.1. The molecule has 7 heteroatoms. The van der Waals surface area contributed by atoms with Crippen LogP contribution in [0.4, 0.5) is 0 Å². The van der Waals surface area contributed by atoms with Gasteiger partial charge in [0.05, 0.1) is 12.5 Å². The molecular formula is C20H16N4O2S. The molecule has 6 nitrogen and oxygen atoms in total. The summed E-state index contributed by atoms with van der Waals surface area (Å²) in [5.41, 5.74) is 2.04. The number of hydrogen-bond donors (Lipinski definition) is 1. The Balaban J connectivity index is 1.46. The number of furan rings is 1. The largest absolute Gasteiger partial charge is 0.489 e. The van der Waals surface area contributed by atoms with Crippen LogP contribution in [0.25, 0.3) is 11.6 Å². The Morgan fingerprint density at radius 3 is 2.63 bits per heavy atom. The molecule has 0 aliphatic heterocycles. The number of H-pyrrole nitrogens is 1. The van der Waals surface area contributed by atoms with Crippen molar-refractivity contribution in [2.75, 3.05) is 0 Å². The second-order valence-corrected chi connectivity index (χ2v) is 6.12. The van der Waals surface area contributed by atoms with Crippen molar-refractivity contribution >= 4 is 18.4 Å². The van der Waals surface area contributed by atoms with E-state index >= 15 is 0 Å². The maximum absolute atomic E-state index is 5.79. The average molecular weight is 376 g/mol. The molecule has 134 valence electrons. The Bertz CT molecular complexity index is 1080. The van der Waals surface area contributed by atoms with Gasteiger partial charge in [-0.25, -0.2) is 5.10 Å². The van der Waals surface area contributed by atoms with E-state index in [0.29, 0.717) is 23.0 Å². The van der Waals surface area contributed by atoms with Gasteiger partial charge in [0.1, 0.15) is 12.4 Å². The molecule has 2 heterocycles. The highest BCUT2D eigenvalue weighted by Crippen LogP contribution is 2.18. The lowest BCUT2D eigenvalue weighted by molar-refractivity contribution is 0.306. The molecule has 1 N–H and O–H groups in total. The normalized spacial score (nSPS) is 11.1. The van der Waals surface area contributed by atoms with Crippen LogP contribution in [0.2, 0.25) is 0 Å². The van der Waals surface area contributed by atoms with Gasteiger partial charge in [0, 0.05) is 0 Å². The predicted molar refractivity (Wildman–Crippen MR) is 105 cm³/mol. The molecule has 4 aromatic rings. The third kappa shape index (κ3) is 4.04. The number of nitrogens with one attached hydrogen (secondary N) is 1. The molecule has 0 saturated carbocycles. The lowest BCUT2D eigenvalue weighted by atomic mass is 10.2. The first kappa shape index (κ1) is 17.0. The van der Waals surface area contributed by atoms with Gasteiger partial charge >= 0.3 is 0 Å². The van der Waals surface area contributed by atoms with E-state index in [9.17, 15) is 0 Å². The minimum atomic E-state index is 0.389. The molecular weight excluding hydrogens is 360 g/mol. The highest BCUT2D eigenvalue weighted by atomic mass is 32.1. The monoisotopic (exact) mass is 376 g/mol. The third-order valence-corrected chi connectivity index (χ3v) is 4.11. The van der Waals surface area contributed by atoms with Crippen LogP contribution >= 0.6 is 12.2 Å². The number of hydrogen-bond acceptors (Lipinski definition) is 5. The van der Waals surface area contributed by atoms with Crippen molar-refractivity contribution in [1.82, 2.24) is 14.9 Å². The van der Waals surface area contributed by atoms with E-state index in [1.165, 1.54) is 4.68 Å². The van der Waals surface area contributed by atoms with Gasteiger partial charge in [0.25, 0.3) is 0 Å². The van der Waals surface area contributed by atoms with Crippen molar-refractivity contribution in [2.24, 2.45) is 5.10 Å². The minimum absolute atomic E-state index is 0.389. The van der Waals surface area contributed by atoms with Gasteiger partial charge in [-0.2, -0.15) is 9.78 Å². The van der Waals surface area contributed by atoms with Crippen molar-refractivity contribution < 1.29 is 9.15 Å². The van der Waals surface area contributed by atoms with Crippen molar-refractivity contribution in [3.05, 3.63) is 88.9 Å². The summed E-state index contributed by atoms with van der Waals surface area (Å²) in [7, 11) is 0. The van der Waals surface area contributed by atoms with E-state index in [1.54, 1.807) is 24.6 Å². The third-order valence-electron chi connectivity index (χ3n) is 3.84. The molecule has 0 aliphatic carbocycles. The molecule has 0 bridgehead atoms. The summed E-state index contributed by atoms with van der Waals surface area (Å²) in [5.74, 6) is 1.90. The Morgan fingerprint density at radius 1 is 1.07 bits per heavy atom. The van der Waals surface area contributed by atoms with Crippen molar-refractivity contribution in [3.8, 4) is 17.3 Å². The molecule has 27 heavy (non-hydrogen) atoms. The second kappa shape index (κ2) is 7.84. The standard InChI is InChI=1S/C20H16N4O2S/c27-20-23-22-19(18-7-4-12-25-18)24(20)21-13-15-8-10-17(11-9-15)26-14-16-5-2-1-3-6-16/h1-13H,14H2,(H,23,27)/b21-13+. The molecule has 2 aromatic carbocycles. The summed E-state index contributed by atoms with van der Waals surface area (Å²) in [6.07, 6.45) is 3.29. The molecule has 2 aromatic heterocycles. The summed E-state index contributed by atoms with van der Waals surface area (Å²) < 4.78 is 13.1. The summed E-state index contributed by atoms with van der Waals surface area (Å²) in [5, 5.41) is 11.3. The lowest BCUT2D eigenvalue weighted by Crippen LogP contribution is -1.96. The molecule has 0 fully saturated rings. The van der Waals surface area contributed by atoms with E-state index < -0.39 is 0 Å². The van der Waals surface area contributed by atoms with Crippen LogP contribution in [0.3, 0.4) is 0 Å². The zero-order chi connectivity index (χ0) is 18.5. The number of benzene rings is 2. The van der Waals surface area contributed by atoms with E-state index in [4.69, 9.17) is 21.4 Å². The highest BCUT2D eigenvalue weighted by Gasteiger charge is 2.10. The Labute approximate surface area is 160 Å². The van der Waals surface area contributed by atoms with Gasteiger partial charge in [0.2, 0.25) is 10.6 Å². The van der Waals surface area contributed by atoms with Gasteiger partial charge in [-0.05, 0) is 59.7 Å². The van der Waals surface area contributed by atoms with Crippen LogP contribution in [0.15, 0.2) is 82.5 Å². The fourth-order valence-corrected chi connectivity index (χ4v) is 2.66. The van der Waals surface area contributed by atoms with Gasteiger partial charge in [-0.3, -0.25) is 0 Å². The van der Waals surface area contributed by atoms with Crippen molar-refractivity contribution in [3.63, 3.8) is 0 Å². The number of rotatable bonds is 6. The Kier molecular flexibility index (Phi) is 4.93. The maximum atomic E-state index is 5.79. The van der Waals surface area contributed by atoms with E-state index in [0.717, 1.165) is 16.9 Å². The van der Waals surface area contributed by atoms with Crippen LogP contribution in [0, 0.1) is 4.77 Å². The van der Waals surface area contributed by atoms with Crippen molar-refractivity contribution in [2.45, 2.75) is 6.61 Å². The molecule has 0 aliphatic rings. The molecule has 4 rings (SSSR count). The van der Waals surface area contributed by atoms with Gasteiger partial charge in [0.15, 0.2) is 5.76 Å². The van der Waals surface area contributed by atoms with Gasteiger partial charge in [-0.15, -0.1) is 5.10 Å². The topological polar surface area (TPSA) is 68.3 Å². The van der Waals surface area contributed by atoms with Crippen molar-refractivity contribution in [1.29, 1.82) is 0 Å². The molecule has 0 atom stereocenters. The highest BCUT2D eigenvalue weighted by molar-refractivity contribution is 7.71. The van der Waals surface area contributed by atoms with Crippen LogP contribution in [-0.4, -0.2) is 21.1 Å². The number of ether oxygens (including phenoxy) is 1. The molecule has 0 amide bonds. The summed E-state index contributed by atoms with van der Waals surface area (Å²) in [6, 6.07) is 21.3. The van der Waals surface area contributed by atoms with E-state index in [-0.39, 0.29) is 0 Å². The van der Waals surface area contributed by atoms with E-state index in [1.807, 2.05) is 54.6 Å². The Hall–Kier alpha value is -3.45. The first-order valence-electron chi connectivity index (χ1n) is 8.32. The maximum Gasteiger partial charge on any atom is 0.219 e. The molecule has 0 saturated heterocycles. The molecule has 0 spiro atoms. The summed E-state index contributed by atoms with van der Waals surface area (Å²) >= 11 is 5.23. The summed E-state index contributed by atoms with van der Waals surface area (Å²) in [6.45, 7) is 0.533. The molecule has 0 radical (unpaired) electrons. The smallest absolute Gasteiger partial charge is 0.219 e. The predicted octanol–water partition coefficient (Wildman–Crippen LogP) is 4.66. The quantitative estimate of drug-likeness (QED) is 0.392. The average Bonchev–Trinajstić information content (AvgIpc) is 3.36. The van der Waals surface area contributed by atoms with Crippen LogP contribution in [-0.2, 0) is 6.61 Å². The SMILES string of the molecule is S=c1[nH]nc(-c2ccco2)n1/N=C/c1ccc(OCc2ccccc2)cc1. The zero-order valence-electron chi connectivity index (χ0n) is 14.3. The van der Waals surface area contributed by atoms with Crippen LogP contribution < -0.4 is 4.74 Å². The fourth-order valence-electron chi connectivity index (χ4n) is 2.48. The first-order valence-corrected chi connectivity index (χ1v) is 8.73. The first-order chi connectivity index (χ1) is 13.3. The van der Waals surface area contributed by atoms with E-state index in [2.05, 4.69) is 15.3 Å².